The van der Waals surface area contributed by atoms with E-state index in [1.807, 2.05) is 24.4 Å². The highest BCUT2D eigenvalue weighted by atomic mass is 16.2. The van der Waals surface area contributed by atoms with E-state index in [9.17, 15) is 9.59 Å². The van der Waals surface area contributed by atoms with Crippen LogP contribution < -0.4 is 10.6 Å². The summed E-state index contributed by atoms with van der Waals surface area (Å²) in [6, 6.07) is 18.6. The Kier molecular flexibility index (Phi) is 7.33. The van der Waals surface area contributed by atoms with Crippen LogP contribution in [0.5, 0.6) is 0 Å². The molecular formula is C25H27N3O2. The fourth-order valence-electron chi connectivity index (χ4n) is 3.16. The first-order valence-electron chi connectivity index (χ1n) is 10.3. The highest BCUT2D eigenvalue weighted by Crippen LogP contribution is 2.20. The van der Waals surface area contributed by atoms with Gasteiger partial charge >= 0.3 is 0 Å². The Labute approximate surface area is 177 Å². The number of pyridine rings is 1. The number of rotatable bonds is 8. The molecule has 0 atom stereocenters. The second-order valence-corrected chi connectivity index (χ2v) is 7.30. The lowest BCUT2D eigenvalue weighted by Crippen LogP contribution is -2.12. The summed E-state index contributed by atoms with van der Waals surface area (Å²) in [4.78, 5) is 28.1. The molecule has 30 heavy (non-hydrogen) atoms. The van der Waals surface area contributed by atoms with Gasteiger partial charge < -0.3 is 10.6 Å². The summed E-state index contributed by atoms with van der Waals surface area (Å²) in [5.74, 6) is -0.319. The summed E-state index contributed by atoms with van der Waals surface area (Å²) in [6.45, 7) is 3.66. The van der Waals surface area contributed by atoms with E-state index in [1.54, 1.807) is 36.4 Å². The Morgan fingerprint density at radius 3 is 2.07 bits per heavy atom. The molecule has 2 amide bonds. The molecule has 0 saturated heterocycles. The van der Waals surface area contributed by atoms with Crippen molar-refractivity contribution in [3.8, 4) is 11.3 Å². The van der Waals surface area contributed by atoms with Crippen LogP contribution in [0.15, 0.2) is 66.9 Å². The lowest BCUT2D eigenvalue weighted by atomic mass is 10.1. The Hall–Kier alpha value is -3.47. The van der Waals surface area contributed by atoms with Crippen LogP contribution in [0.4, 0.5) is 11.4 Å². The van der Waals surface area contributed by atoms with Gasteiger partial charge in [0.15, 0.2) is 0 Å². The molecule has 2 aromatic carbocycles. The van der Waals surface area contributed by atoms with Crippen LogP contribution in [0.1, 0.15) is 49.0 Å². The molecule has 5 nitrogen and oxygen atoms in total. The van der Waals surface area contributed by atoms with E-state index in [0.717, 1.165) is 17.7 Å². The van der Waals surface area contributed by atoms with Gasteiger partial charge in [-0.2, -0.15) is 0 Å². The number of carbonyl (C=O) groups excluding carboxylic acids is 2. The molecule has 0 aliphatic heterocycles. The van der Waals surface area contributed by atoms with Crippen molar-refractivity contribution in [2.75, 3.05) is 10.6 Å². The van der Waals surface area contributed by atoms with Gasteiger partial charge in [0, 0.05) is 35.6 Å². The van der Waals surface area contributed by atoms with Gasteiger partial charge in [-0.05, 0) is 60.9 Å². The summed E-state index contributed by atoms with van der Waals surface area (Å²) < 4.78 is 0. The first kappa shape index (κ1) is 21.2. The van der Waals surface area contributed by atoms with Crippen LogP contribution in [-0.2, 0) is 11.2 Å². The second kappa shape index (κ2) is 10.3. The molecule has 0 unspecified atom stereocenters. The van der Waals surface area contributed by atoms with E-state index < -0.39 is 0 Å². The number of carbonyl (C=O) groups is 2. The molecule has 0 spiro atoms. The number of aryl methyl sites for hydroxylation is 1. The van der Waals surface area contributed by atoms with Crippen molar-refractivity contribution in [2.24, 2.45) is 0 Å². The lowest BCUT2D eigenvalue weighted by Gasteiger charge is -2.08. The quantitative estimate of drug-likeness (QED) is 0.476. The minimum atomic E-state index is -0.187. The number of unbranched alkanes of at least 4 members (excludes halogenated alkanes) is 2. The Morgan fingerprint density at radius 1 is 0.833 bits per heavy atom. The zero-order chi connectivity index (χ0) is 21.3. The molecule has 0 fully saturated rings. The standard InChI is InChI=1S/C25H27N3O2/c1-3-4-5-6-19-7-16-24(26-17-19)20-8-10-21(11-9-20)25(30)28-23-14-12-22(13-15-23)27-18(2)29/h7-17H,3-6H2,1-2H3,(H,27,29)(H,28,30). The highest BCUT2D eigenvalue weighted by molar-refractivity contribution is 6.04. The molecule has 0 saturated carbocycles. The molecule has 0 aliphatic carbocycles. The maximum atomic E-state index is 12.5. The predicted octanol–water partition coefficient (Wildman–Crippen LogP) is 5.69. The average Bonchev–Trinajstić information content (AvgIpc) is 2.75. The number of anilines is 2. The largest absolute Gasteiger partial charge is 0.326 e. The van der Waals surface area contributed by atoms with E-state index >= 15 is 0 Å². The van der Waals surface area contributed by atoms with Gasteiger partial charge in [0.25, 0.3) is 5.91 Å². The molecule has 2 N–H and O–H groups in total. The third-order valence-electron chi connectivity index (χ3n) is 4.80. The van der Waals surface area contributed by atoms with Gasteiger partial charge in [-0.3, -0.25) is 14.6 Å². The molecule has 1 aromatic heterocycles. The first-order chi connectivity index (χ1) is 14.5. The fourth-order valence-corrected chi connectivity index (χ4v) is 3.16. The Morgan fingerprint density at radius 2 is 1.50 bits per heavy atom. The number of nitrogens with zero attached hydrogens (tertiary/aromatic N) is 1. The zero-order valence-corrected chi connectivity index (χ0v) is 17.4. The minimum Gasteiger partial charge on any atom is -0.326 e. The molecule has 0 aliphatic rings. The van der Waals surface area contributed by atoms with Gasteiger partial charge in [-0.15, -0.1) is 0 Å². The monoisotopic (exact) mass is 401 g/mol. The molecule has 154 valence electrons. The van der Waals surface area contributed by atoms with Crippen LogP contribution in [0.25, 0.3) is 11.3 Å². The number of amides is 2. The summed E-state index contributed by atoms with van der Waals surface area (Å²) in [5.41, 5.74) is 5.06. The lowest BCUT2D eigenvalue weighted by molar-refractivity contribution is -0.114. The molecule has 0 radical (unpaired) electrons. The van der Waals surface area contributed by atoms with Gasteiger partial charge in [0.05, 0.1) is 5.69 Å². The van der Waals surface area contributed by atoms with E-state index in [0.29, 0.717) is 16.9 Å². The number of hydrogen-bond acceptors (Lipinski definition) is 3. The van der Waals surface area contributed by atoms with Crippen molar-refractivity contribution >= 4 is 23.2 Å². The van der Waals surface area contributed by atoms with Crippen molar-refractivity contribution in [2.45, 2.75) is 39.5 Å². The van der Waals surface area contributed by atoms with Gasteiger partial charge in [0.2, 0.25) is 5.91 Å². The van der Waals surface area contributed by atoms with E-state index in [4.69, 9.17) is 0 Å². The van der Waals surface area contributed by atoms with Crippen LogP contribution in [0, 0.1) is 0 Å². The normalized spacial score (nSPS) is 10.5. The van der Waals surface area contributed by atoms with Gasteiger partial charge in [-0.1, -0.05) is 38.0 Å². The Bertz CT molecular complexity index is 978. The molecule has 5 heteroatoms. The fraction of sp³-hybridized carbons (Fsp3) is 0.240. The summed E-state index contributed by atoms with van der Waals surface area (Å²) >= 11 is 0. The topological polar surface area (TPSA) is 71.1 Å². The number of hydrogen-bond donors (Lipinski definition) is 2. The summed E-state index contributed by atoms with van der Waals surface area (Å²) in [6.07, 6.45) is 6.65. The summed E-state index contributed by atoms with van der Waals surface area (Å²) in [7, 11) is 0. The predicted molar refractivity (Wildman–Crippen MR) is 122 cm³/mol. The highest BCUT2D eigenvalue weighted by Gasteiger charge is 2.08. The van der Waals surface area contributed by atoms with E-state index in [-0.39, 0.29) is 11.8 Å². The summed E-state index contributed by atoms with van der Waals surface area (Å²) in [5, 5.41) is 5.56. The second-order valence-electron chi connectivity index (χ2n) is 7.30. The van der Waals surface area contributed by atoms with Crippen LogP contribution in [-0.4, -0.2) is 16.8 Å². The van der Waals surface area contributed by atoms with Crippen molar-refractivity contribution in [1.29, 1.82) is 0 Å². The minimum absolute atomic E-state index is 0.132. The number of nitrogens with one attached hydrogen (secondary N) is 2. The molecule has 3 aromatic rings. The third-order valence-corrected chi connectivity index (χ3v) is 4.80. The van der Waals surface area contributed by atoms with Crippen LogP contribution >= 0.6 is 0 Å². The Balaban J connectivity index is 1.60. The molecule has 1 heterocycles. The van der Waals surface area contributed by atoms with Crippen molar-refractivity contribution in [3.63, 3.8) is 0 Å². The van der Waals surface area contributed by atoms with Crippen molar-refractivity contribution in [3.05, 3.63) is 78.0 Å². The van der Waals surface area contributed by atoms with E-state index in [2.05, 4.69) is 28.6 Å². The zero-order valence-electron chi connectivity index (χ0n) is 17.4. The maximum absolute atomic E-state index is 12.5. The first-order valence-corrected chi connectivity index (χ1v) is 10.3. The van der Waals surface area contributed by atoms with Crippen LogP contribution in [0.2, 0.25) is 0 Å². The smallest absolute Gasteiger partial charge is 0.255 e. The third kappa shape index (κ3) is 6.01. The molecule has 3 rings (SSSR count). The van der Waals surface area contributed by atoms with Crippen molar-refractivity contribution in [1.82, 2.24) is 4.98 Å². The molecular weight excluding hydrogens is 374 g/mol. The maximum Gasteiger partial charge on any atom is 0.255 e. The van der Waals surface area contributed by atoms with Gasteiger partial charge in [-0.25, -0.2) is 0 Å². The SMILES string of the molecule is CCCCCc1ccc(-c2ccc(C(=O)Nc3ccc(NC(C)=O)cc3)cc2)nc1. The molecule has 0 bridgehead atoms. The van der Waals surface area contributed by atoms with Crippen molar-refractivity contribution < 1.29 is 9.59 Å². The van der Waals surface area contributed by atoms with Crippen LogP contribution in [0.3, 0.4) is 0 Å². The average molecular weight is 402 g/mol. The number of benzene rings is 2. The van der Waals surface area contributed by atoms with Gasteiger partial charge in [0.1, 0.15) is 0 Å². The van der Waals surface area contributed by atoms with E-state index in [1.165, 1.54) is 31.7 Å². The number of aromatic nitrogens is 1.